The topological polar surface area (TPSA) is 90.5 Å². The number of amides is 1. The highest BCUT2D eigenvalue weighted by molar-refractivity contribution is 7.99. The van der Waals surface area contributed by atoms with Crippen molar-refractivity contribution in [2.75, 3.05) is 12.9 Å². The molecule has 1 N–H and O–H groups in total. The predicted molar refractivity (Wildman–Crippen MR) is 126 cm³/mol. The lowest BCUT2D eigenvalue weighted by molar-refractivity contribution is -0.119. The number of carbonyl (C=O) groups is 1. The van der Waals surface area contributed by atoms with Crippen LogP contribution in [0.25, 0.3) is 22.4 Å². The maximum atomic E-state index is 13.5. The Morgan fingerprint density at radius 2 is 2.00 bits per heavy atom. The second-order valence-corrected chi connectivity index (χ2v) is 8.56. The van der Waals surface area contributed by atoms with E-state index in [0.717, 1.165) is 12.0 Å². The molecule has 2 aromatic carbocycles. The summed E-state index contributed by atoms with van der Waals surface area (Å²) >= 11 is 1.29. The summed E-state index contributed by atoms with van der Waals surface area (Å²) in [5.41, 5.74) is 2.04. The molecule has 1 atom stereocenters. The van der Waals surface area contributed by atoms with E-state index >= 15 is 0 Å². The molecule has 0 spiro atoms. The number of aromatic nitrogens is 4. The molecule has 9 heteroatoms. The Bertz CT molecular complexity index is 1360. The van der Waals surface area contributed by atoms with Gasteiger partial charge in [0, 0.05) is 6.04 Å². The van der Waals surface area contributed by atoms with Crippen LogP contribution in [-0.4, -0.2) is 44.0 Å². The third kappa shape index (κ3) is 3.95. The molecule has 4 rings (SSSR count). The van der Waals surface area contributed by atoms with Gasteiger partial charge in [0.2, 0.25) is 11.7 Å². The quantitative estimate of drug-likeness (QED) is 0.434. The van der Waals surface area contributed by atoms with Crippen molar-refractivity contribution in [1.29, 1.82) is 0 Å². The Morgan fingerprint density at radius 3 is 2.75 bits per heavy atom. The van der Waals surface area contributed by atoms with Crippen LogP contribution in [0.15, 0.2) is 52.4 Å². The number of methoxy groups -OCH3 is 1. The first-order valence-electron chi connectivity index (χ1n) is 10.4. The molecule has 4 aromatic rings. The molecule has 2 heterocycles. The van der Waals surface area contributed by atoms with Gasteiger partial charge in [-0.05, 0) is 50.1 Å². The van der Waals surface area contributed by atoms with E-state index in [1.165, 1.54) is 16.3 Å². The van der Waals surface area contributed by atoms with Gasteiger partial charge in [0.05, 0.1) is 29.5 Å². The molecule has 32 heavy (non-hydrogen) atoms. The number of aryl methyl sites for hydroxylation is 1. The molecule has 0 aliphatic carbocycles. The smallest absolute Gasteiger partial charge is 0.267 e. The molecular formula is C23H25N5O3S. The number of benzene rings is 2. The lowest BCUT2D eigenvalue weighted by Gasteiger charge is -2.15. The van der Waals surface area contributed by atoms with Crippen LogP contribution in [-0.2, 0) is 4.79 Å². The van der Waals surface area contributed by atoms with Crippen LogP contribution in [0.4, 0.5) is 0 Å². The molecule has 1 amide bonds. The van der Waals surface area contributed by atoms with E-state index in [4.69, 9.17) is 4.74 Å². The molecular weight excluding hydrogens is 426 g/mol. The number of fused-ring (bicyclic) bond motifs is 3. The highest BCUT2D eigenvalue weighted by atomic mass is 32.2. The molecule has 0 aliphatic rings. The number of thioether (sulfide) groups is 1. The Hall–Kier alpha value is -3.33. The largest absolute Gasteiger partial charge is 0.495 e. The number of nitrogens with zero attached hydrogens (tertiary/aromatic N) is 4. The van der Waals surface area contributed by atoms with Crippen molar-refractivity contribution in [3.63, 3.8) is 0 Å². The zero-order chi connectivity index (χ0) is 22.8. The third-order valence-corrected chi connectivity index (χ3v) is 6.25. The summed E-state index contributed by atoms with van der Waals surface area (Å²) in [4.78, 5) is 25.8. The van der Waals surface area contributed by atoms with Crippen molar-refractivity contribution in [2.45, 2.75) is 38.4 Å². The van der Waals surface area contributed by atoms with Gasteiger partial charge in [-0.1, -0.05) is 36.9 Å². The Labute approximate surface area is 189 Å². The van der Waals surface area contributed by atoms with E-state index < -0.39 is 0 Å². The van der Waals surface area contributed by atoms with Gasteiger partial charge in [0.25, 0.3) is 5.56 Å². The van der Waals surface area contributed by atoms with E-state index in [2.05, 4.69) is 15.5 Å². The summed E-state index contributed by atoms with van der Waals surface area (Å²) < 4.78 is 8.87. The monoisotopic (exact) mass is 451 g/mol. The minimum atomic E-state index is -0.213. The summed E-state index contributed by atoms with van der Waals surface area (Å²) in [7, 11) is 1.57. The average molecular weight is 452 g/mol. The van der Waals surface area contributed by atoms with E-state index in [1.54, 1.807) is 13.2 Å². The molecule has 1 unspecified atom stereocenters. The van der Waals surface area contributed by atoms with E-state index in [9.17, 15) is 9.59 Å². The van der Waals surface area contributed by atoms with Gasteiger partial charge in [0.15, 0.2) is 5.16 Å². The van der Waals surface area contributed by atoms with Crippen molar-refractivity contribution < 1.29 is 9.53 Å². The second kappa shape index (κ2) is 9.04. The number of rotatable bonds is 7. The first kappa shape index (κ1) is 21.9. The lowest BCUT2D eigenvalue weighted by Crippen LogP contribution is -2.33. The zero-order valence-corrected chi connectivity index (χ0v) is 19.3. The van der Waals surface area contributed by atoms with Crippen molar-refractivity contribution in [3.05, 3.63) is 58.4 Å². The first-order valence-corrected chi connectivity index (χ1v) is 11.4. The van der Waals surface area contributed by atoms with Crippen LogP contribution < -0.4 is 15.6 Å². The van der Waals surface area contributed by atoms with Gasteiger partial charge >= 0.3 is 0 Å². The van der Waals surface area contributed by atoms with Crippen molar-refractivity contribution in [2.24, 2.45) is 0 Å². The number of para-hydroxylation sites is 1. The summed E-state index contributed by atoms with van der Waals surface area (Å²) in [6.07, 6.45) is 0.861. The van der Waals surface area contributed by atoms with Gasteiger partial charge in [-0.25, -0.2) is 4.57 Å². The second-order valence-electron chi connectivity index (χ2n) is 7.62. The van der Waals surface area contributed by atoms with E-state index in [1.807, 2.05) is 61.6 Å². The van der Waals surface area contributed by atoms with Gasteiger partial charge in [-0.3, -0.25) is 14.0 Å². The SMILES string of the molecule is CCC(C)NC(=O)CSc1nnc2n(-c3cc(C)ccc3OC)c(=O)c3ccccc3n12. The van der Waals surface area contributed by atoms with Crippen LogP contribution in [0, 0.1) is 6.92 Å². The number of hydrogen-bond acceptors (Lipinski definition) is 6. The molecule has 2 aromatic heterocycles. The van der Waals surface area contributed by atoms with Gasteiger partial charge in [-0.15, -0.1) is 10.2 Å². The maximum absolute atomic E-state index is 13.5. The Morgan fingerprint density at radius 1 is 1.22 bits per heavy atom. The number of nitrogens with one attached hydrogen (secondary N) is 1. The fourth-order valence-corrected chi connectivity index (χ4v) is 4.26. The highest BCUT2D eigenvalue weighted by Crippen LogP contribution is 2.27. The van der Waals surface area contributed by atoms with Crippen LogP contribution in [0.5, 0.6) is 5.75 Å². The number of ether oxygens (including phenoxy) is 1. The summed E-state index contributed by atoms with van der Waals surface area (Å²) in [6.45, 7) is 5.94. The van der Waals surface area contributed by atoms with Gasteiger partial charge in [-0.2, -0.15) is 0 Å². The molecule has 166 valence electrons. The maximum Gasteiger partial charge on any atom is 0.267 e. The highest BCUT2D eigenvalue weighted by Gasteiger charge is 2.20. The number of hydrogen-bond donors (Lipinski definition) is 1. The molecule has 0 radical (unpaired) electrons. The summed E-state index contributed by atoms with van der Waals surface area (Å²) in [6, 6.07) is 13.1. The van der Waals surface area contributed by atoms with Crippen LogP contribution in [0.2, 0.25) is 0 Å². The summed E-state index contributed by atoms with van der Waals surface area (Å²) in [5.74, 6) is 1.05. The van der Waals surface area contributed by atoms with Crippen molar-refractivity contribution in [3.8, 4) is 11.4 Å². The minimum absolute atomic E-state index is 0.0703. The Kier molecular flexibility index (Phi) is 6.18. The average Bonchev–Trinajstić information content (AvgIpc) is 3.21. The standard InChI is InChI=1S/C23H25N5O3S/c1-5-15(3)24-20(29)13-32-23-26-25-22-27(18-12-14(2)10-11-19(18)31-4)21(30)16-8-6-7-9-17(16)28(22)23/h6-12,15H,5,13H2,1-4H3,(H,24,29). The molecule has 0 saturated carbocycles. The molecule has 8 nitrogen and oxygen atoms in total. The van der Waals surface area contributed by atoms with E-state index in [0.29, 0.717) is 33.3 Å². The van der Waals surface area contributed by atoms with Crippen LogP contribution in [0.3, 0.4) is 0 Å². The molecule has 0 bridgehead atoms. The van der Waals surface area contributed by atoms with Gasteiger partial charge in [0.1, 0.15) is 5.75 Å². The lowest BCUT2D eigenvalue weighted by atomic mass is 10.2. The van der Waals surface area contributed by atoms with Crippen molar-refractivity contribution >= 4 is 34.3 Å². The molecule has 0 saturated heterocycles. The molecule has 0 aliphatic heterocycles. The predicted octanol–water partition coefficient (Wildman–Crippen LogP) is 3.36. The first-order chi connectivity index (χ1) is 15.4. The van der Waals surface area contributed by atoms with Crippen molar-refractivity contribution in [1.82, 2.24) is 24.5 Å². The zero-order valence-electron chi connectivity index (χ0n) is 18.5. The summed E-state index contributed by atoms with van der Waals surface area (Å²) in [5, 5.41) is 12.7. The fraction of sp³-hybridized carbons (Fsp3) is 0.304. The third-order valence-electron chi connectivity index (χ3n) is 5.32. The fourth-order valence-electron chi connectivity index (χ4n) is 3.51. The van der Waals surface area contributed by atoms with E-state index in [-0.39, 0.29) is 23.3 Å². The number of carbonyl (C=O) groups excluding carboxylic acids is 1. The van der Waals surface area contributed by atoms with Crippen LogP contribution in [0.1, 0.15) is 25.8 Å². The Balaban J connectivity index is 1.90. The van der Waals surface area contributed by atoms with Gasteiger partial charge < -0.3 is 10.1 Å². The minimum Gasteiger partial charge on any atom is -0.495 e. The normalized spacial score (nSPS) is 12.2. The van der Waals surface area contributed by atoms with Crippen LogP contribution >= 0.6 is 11.8 Å². The molecule has 0 fully saturated rings.